The van der Waals surface area contributed by atoms with Crippen molar-refractivity contribution in [3.63, 3.8) is 0 Å². The Morgan fingerprint density at radius 3 is 2.30 bits per heavy atom. The van der Waals surface area contributed by atoms with Gasteiger partial charge in [-0.25, -0.2) is 4.39 Å². The van der Waals surface area contributed by atoms with Crippen molar-refractivity contribution in [2.75, 3.05) is 0 Å². The Balaban J connectivity index is 2.14. The zero-order valence-electron chi connectivity index (χ0n) is 11.6. The molecule has 2 aromatic carbocycles. The summed E-state index contributed by atoms with van der Waals surface area (Å²) >= 11 is 0. The summed E-state index contributed by atoms with van der Waals surface area (Å²) in [5.41, 5.74) is 4.26. The van der Waals surface area contributed by atoms with Crippen LogP contribution in [0.3, 0.4) is 0 Å². The molecule has 0 nitrogen and oxygen atoms in total. The predicted molar refractivity (Wildman–Crippen MR) is 82.8 cm³/mol. The molecule has 0 heterocycles. The highest BCUT2D eigenvalue weighted by molar-refractivity contribution is 5.65. The van der Waals surface area contributed by atoms with Crippen molar-refractivity contribution >= 4 is 5.57 Å². The molecule has 20 heavy (non-hydrogen) atoms. The van der Waals surface area contributed by atoms with Gasteiger partial charge in [-0.3, -0.25) is 0 Å². The molecule has 0 saturated carbocycles. The molecule has 0 saturated heterocycles. The molecule has 0 radical (unpaired) electrons. The maximum Gasteiger partial charge on any atom is 0.123 e. The van der Waals surface area contributed by atoms with E-state index in [1.165, 1.54) is 17.7 Å². The molecule has 0 N–H and O–H groups in total. The van der Waals surface area contributed by atoms with Gasteiger partial charge in [-0.05, 0) is 42.2 Å². The Bertz CT molecular complexity index is 627. The SMILES string of the molecule is C#CC(CC(=C)c1ccc(C)cc1)c1ccc(F)cc1. The second-order valence-corrected chi connectivity index (χ2v) is 4.94. The molecule has 2 aromatic rings. The van der Waals surface area contributed by atoms with Crippen LogP contribution in [0, 0.1) is 25.1 Å². The molecule has 0 aliphatic carbocycles. The van der Waals surface area contributed by atoms with Crippen LogP contribution in [0.1, 0.15) is 29.0 Å². The molecule has 0 aliphatic heterocycles. The van der Waals surface area contributed by atoms with Crippen LogP contribution in [0.4, 0.5) is 4.39 Å². The molecular formula is C19H17F. The molecule has 0 aliphatic rings. The van der Waals surface area contributed by atoms with Gasteiger partial charge in [0.15, 0.2) is 0 Å². The normalized spacial score (nSPS) is 11.7. The summed E-state index contributed by atoms with van der Waals surface area (Å²) in [6.45, 7) is 6.17. The first-order valence-corrected chi connectivity index (χ1v) is 6.56. The smallest absolute Gasteiger partial charge is 0.123 e. The van der Waals surface area contributed by atoms with Crippen molar-refractivity contribution in [2.24, 2.45) is 0 Å². The van der Waals surface area contributed by atoms with Gasteiger partial charge in [0.25, 0.3) is 0 Å². The van der Waals surface area contributed by atoms with Crippen LogP contribution in [0.15, 0.2) is 55.1 Å². The van der Waals surface area contributed by atoms with Gasteiger partial charge in [0.1, 0.15) is 5.82 Å². The van der Waals surface area contributed by atoms with Crippen molar-refractivity contribution in [2.45, 2.75) is 19.3 Å². The minimum Gasteiger partial charge on any atom is -0.207 e. The number of terminal acetylenes is 1. The van der Waals surface area contributed by atoms with Gasteiger partial charge in [-0.2, -0.15) is 0 Å². The Morgan fingerprint density at radius 2 is 1.75 bits per heavy atom. The van der Waals surface area contributed by atoms with E-state index in [0.717, 1.165) is 16.7 Å². The van der Waals surface area contributed by atoms with E-state index in [0.29, 0.717) is 6.42 Å². The van der Waals surface area contributed by atoms with E-state index in [2.05, 4.69) is 43.7 Å². The summed E-state index contributed by atoms with van der Waals surface area (Å²) in [6.07, 6.45) is 6.28. The fourth-order valence-corrected chi connectivity index (χ4v) is 2.12. The lowest BCUT2D eigenvalue weighted by Gasteiger charge is -2.13. The number of aryl methyl sites for hydroxylation is 1. The van der Waals surface area contributed by atoms with Crippen LogP contribution in [0.2, 0.25) is 0 Å². The number of benzene rings is 2. The van der Waals surface area contributed by atoms with Crippen molar-refractivity contribution in [3.05, 3.63) is 77.6 Å². The molecule has 0 bridgehead atoms. The zero-order chi connectivity index (χ0) is 14.5. The fourth-order valence-electron chi connectivity index (χ4n) is 2.12. The van der Waals surface area contributed by atoms with Crippen LogP contribution in [0.25, 0.3) is 5.57 Å². The largest absolute Gasteiger partial charge is 0.207 e. The molecule has 0 fully saturated rings. The molecule has 0 aromatic heterocycles. The third-order valence-electron chi connectivity index (χ3n) is 3.38. The number of hydrogen-bond acceptors (Lipinski definition) is 0. The first-order valence-electron chi connectivity index (χ1n) is 6.56. The molecule has 100 valence electrons. The maximum atomic E-state index is 13.0. The van der Waals surface area contributed by atoms with Crippen LogP contribution >= 0.6 is 0 Å². The number of rotatable bonds is 4. The van der Waals surface area contributed by atoms with E-state index in [1.807, 2.05) is 0 Å². The first kappa shape index (κ1) is 14.1. The maximum absolute atomic E-state index is 13.0. The minimum atomic E-state index is -0.248. The molecule has 1 unspecified atom stereocenters. The topological polar surface area (TPSA) is 0 Å². The monoisotopic (exact) mass is 264 g/mol. The highest BCUT2D eigenvalue weighted by atomic mass is 19.1. The average molecular weight is 264 g/mol. The zero-order valence-corrected chi connectivity index (χ0v) is 11.6. The Kier molecular flexibility index (Phi) is 4.38. The fraction of sp³-hybridized carbons (Fsp3) is 0.158. The number of allylic oxidation sites excluding steroid dienone is 1. The molecule has 0 spiro atoms. The summed E-state index contributed by atoms with van der Waals surface area (Å²) in [5.74, 6) is 2.44. The summed E-state index contributed by atoms with van der Waals surface area (Å²) in [6, 6.07) is 14.6. The first-order chi connectivity index (χ1) is 9.60. The molecule has 2 rings (SSSR count). The van der Waals surface area contributed by atoms with Gasteiger partial charge in [-0.15, -0.1) is 6.42 Å². The van der Waals surface area contributed by atoms with E-state index >= 15 is 0 Å². The third-order valence-corrected chi connectivity index (χ3v) is 3.38. The third kappa shape index (κ3) is 3.36. The van der Waals surface area contributed by atoms with E-state index in [9.17, 15) is 4.39 Å². The van der Waals surface area contributed by atoms with Crippen LogP contribution in [-0.4, -0.2) is 0 Å². The highest BCUT2D eigenvalue weighted by Crippen LogP contribution is 2.27. The van der Waals surface area contributed by atoms with Crippen molar-refractivity contribution in [1.29, 1.82) is 0 Å². The lowest BCUT2D eigenvalue weighted by molar-refractivity contribution is 0.626. The molecule has 0 amide bonds. The minimum absolute atomic E-state index is 0.0793. The summed E-state index contributed by atoms with van der Waals surface area (Å²) < 4.78 is 13.0. The second-order valence-electron chi connectivity index (χ2n) is 4.94. The molecule has 1 heteroatoms. The standard InChI is InChI=1S/C19H17F/c1-4-16(18-9-11-19(20)12-10-18)13-15(3)17-7-5-14(2)6-8-17/h1,5-12,16H,3,13H2,2H3. The van der Waals surface area contributed by atoms with Crippen LogP contribution in [-0.2, 0) is 0 Å². The van der Waals surface area contributed by atoms with E-state index in [1.54, 1.807) is 12.1 Å². The van der Waals surface area contributed by atoms with Gasteiger partial charge < -0.3 is 0 Å². The number of hydrogen-bond donors (Lipinski definition) is 0. The van der Waals surface area contributed by atoms with Gasteiger partial charge >= 0.3 is 0 Å². The van der Waals surface area contributed by atoms with Gasteiger partial charge in [0.2, 0.25) is 0 Å². The molecule has 1 atom stereocenters. The summed E-state index contributed by atoms with van der Waals surface area (Å²) in [7, 11) is 0. The van der Waals surface area contributed by atoms with Crippen molar-refractivity contribution in [1.82, 2.24) is 0 Å². The summed E-state index contributed by atoms with van der Waals surface area (Å²) in [5, 5.41) is 0. The second kappa shape index (κ2) is 6.21. The lowest BCUT2D eigenvalue weighted by atomic mass is 9.90. The van der Waals surface area contributed by atoms with Crippen molar-refractivity contribution < 1.29 is 4.39 Å². The van der Waals surface area contributed by atoms with Gasteiger partial charge in [0.05, 0.1) is 0 Å². The van der Waals surface area contributed by atoms with Crippen molar-refractivity contribution in [3.8, 4) is 12.3 Å². The Morgan fingerprint density at radius 1 is 1.15 bits per heavy atom. The highest BCUT2D eigenvalue weighted by Gasteiger charge is 2.11. The Labute approximate surface area is 120 Å². The van der Waals surface area contributed by atoms with E-state index in [4.69, 9.17) is 6.42 Å². The Hall–Kier alpha value is -2.33. The van der Waals surface area contributed by atoms with Crippen LogP contribution < -0.4 is 0 Å². The quantitative estimate of drug-likeness (QED) is 0.685. The summed E-state index contributed by atoms with van der Waals surface area (Å²) in [4.78, 5) is 0. The lowest BCUT2D eigenvalue weighted by Crippen LogP contribution is -1.97. The van der Waals surface area contributed by atoms with Gasteiger partial charge in [0, 0.05) is 5.92 Å². The molecular weight excluding hydrogens is 247 g/mol. The van der Waals surface area contributed by atoms with E-state index in [-0.39, 0.29) is 11.7 Å². The number of halogens is 1. The predicted octanol–water partition coefficient (Wildman–Crippen LogP) is 4.95. The van der Waals surface area contributed by atoms with Gasteiger partial charge in [-0.1, -0.05) is 54.5 Å². The van der Waals surface area contributed by atoms with E-state index < -0.39 is 0 Å². The van der Waals surface area contributed by atoms with Crippen LogP contribution in [0.5, 0.6) is 0 Å². The average Bonchev–Trinajstić information content (AvgIpc) is 2.46.